The minimum atomic E-state index is 0. The molecule has 0 aliphatic heterocycles. The van der Waals surface area contributed by atoms with Crippen LogP contribution in [-0.2, 0) is 9.53 Å². The van der Waals surface area contributed by atoms with E-state index in [4.69, 9.17) is 9.47 Å². The summed E-state index contributed by atoms with van der Waals surface area (Å²) in [5.74, 6) is 1.26. The van der Waals surface area contributed by atoms with Crippen molar-refractivity contribution in [1.29, 1.82) is 0 Å². The van der Waals surface area contributed by atoms with E-state index in [2.05, 4.69) is 37.3 Å². The highest BCUT2D eigenvalue weighted by Gasteiger charge is 2.25. The average molecular weight is 473 g/mol. The van der Waals surface area contributed by atoms with E-state index in [-0.39, 0.29) is 13.3 Å². The van der Waals surface area contributed by atoms with Crippen LogP contribution in [0.4, 0.5) is 0 Å². The smallest absolute Gasteiger partial charge is 0.153 e. The van der Waals surface area contributed by atoms with E-state index in [9.17, 15) is 9.59 Å². The molecule has 0 amide bonds. The highest BCUT2D eigenvalue weighted by atomic mass is 16.5. The number of benzene rings is 3. The zero-order valence-electron chi connectivity index (χ0n) is 20.8. The highest BCUT2D eigenvalue weighted by molar-refractivity contribution is 6.01. The number of hydrogen-bond acceptors (Lipinski definition) is 4. The van der Waals surface area contributed by atoms with Gasteiger partial charge in [-0.1, -0.05) is 63.2 Å². The maximum absolute atomic E-state index is 11.7. The average Bonchev–Trinajstić information content (AvgIpc) is 2.88. The second-order valence-electron chi connectivity index (χ2n) is 8.13. The lowest BCUT2D eigenvalue weighted by molar-refractivity contribution is -0.105. The molecule has 0 heterocycles. The number of carbonyl (C=O) groups is 2. The molecule has 0 spiro atoms. The third kappa shape index (κ3) is 5.22. The lowest BCUT2D eigenvalue weighted by Crippen LogP contribution is -2.11. The van der Waals surface area contributed by atoms with Crippen LogP contribution in [0.2, 0.25) is 0 Å². The second kappa shape index (κ2) is 12.2. The molecule has 1 aliphatic rings. The Bertz CT molecular complexity index is 1280. The summed E-state index contributed by atoms with van der Waals surface area (Å²) in [6.07, 6.45) is 4.27. The molecule has 0 aromatic heterocycles. The van der Waals surface area contributed by atoms with Crippen molar-refractivity contribution in [3.05, 3.63) is 88.2 Å². The number of methoxy groups -OCH3 is 2. The van der Waals surface area contributed by atoms with Crippen molar-refractivity contribution < 1.29 is 19.1 Å². The minimum absolute atomic E-state index is 0. The van der Waals surface area contributed by atoms with Crippen LogP contribution in [0, 0.1) is 6.92 Å². The molecule has 4 heteroatoms. The number of allylic oxidation sites excluding steroid dienone is 3. The van der Waals surface area contributed by atoms with E-state index in [1.54, 1.807) is 14.2 Å². The summed E-state index contributed by atoms with van der Waals surface area (Å²) >= 11 is 0. The molecule has 35 heavy (non-hydrogen) atoms. The molecule has 4 rings (SSSR count). The predicted molar refractivity (Wildman–Crippen MR) is 145 cm³/mol. The van der Waals surface area contributed by atoms with Gasteiger partial charge in [-0.3, -0.25) is 9.59 Å². The Morgan fingerprint density at radius 3 is 2.17 bits per heavy atom. The van der Waals surface area contributed by atoms with Gasteiger partial charge in [0.1, 0.15) is 17.8 Å². The van der Waals surface area contributed by atoms with Crippen LogP contribution in [-0.4, -0.2) is 26.8 Å². The van der Waals surface area contributed by atoms with E-state index in [1.807, 2.05) is 45.0 Å². The topological polar surface area (TPSA) is 52.6 Å². The van der Waals surface area contributed by atoms with E-state index < -0.39 is 0 Å². The van der Waals surface area contributed by atoms with Crippen LogP contribution >= 0.6 is 0 Å². The van der Waals surface area contributed by atoms with Gasteiger partial charge in [0.25, 0.3) is 0 Å². The van der Waals surface area contributed by atoms with Crippen molar-refractivity contribution in [3.63, 3.8) is 0 Å². The van der Waals surface area contributed by atoms with Gasteiger partial charge >= 0.3 is 0 Å². The largest absolute Gasteiger partial charge is 0.496 e. The van der Waals surface area contributed by atoms with Crippen molar-refractivity contribution in [3.8, 4) is 16.9 Å². The molecule has 3 aromatic carbocycles. The van der Waals surface area contributed by atoms with Gasteiger partial charge in [-0.2, -0.15) is 0 Å². The van der Waals surface area contributed by atoms with Crippen LogP contribution in [0.25, 0.3) is 21.9 Å². The zero-order chi connectivity index (χ0) is 24.8. The van der Waals surface area contributed by atoms with Gasteiger partial charge in [0.2, 0.25) is 0 Å². The summed E-state index contributed by atoms with van der Waals surface area (Å²) in [6, 6.07) is 16.3. The molecular weight excluding hydrogens is 436 g/mol. The summed E-state index contributed by atoms with van der Waals surface area (Å²) in [5, 5.41) is 2.24. The van der Waals surface area contributed by atoms with Crippen molar-refractivity contribution in [2.24, 2.45) is 0 Å². The molecule has 4 nitrogen and oxygen atoms in total. The Morgan fingerprint density at radius 1 is 0.886 bits per heavy atom. The second-order valence-corrected chi connectivity index (χ2v) is 8.13. The molecule has 0 fully saturated rings. The summed E-state index contributed by atoms with van der Waals surface area (Å²) in [5.41, 5.74) is 6.57. The summed E-state index contributed by atoms with van der Waals surface area (Å²) in [7, 11) is 3.16. The van der Waals surface area contributed by atoms with Crippen molar-refractivity contribution in [2.45, 2.75) is 47.5 Å². The number of fused-ring (bicyclic) bond motifs is 1. The first kappa shape index (κ1) is 27.6. The fourth-order valence-electron chi connectivity index (χ4n) is 4.68. The van der Waals surface area contributed by atoms with E-state index >= 15 is 0 Å². The fraction of sp³-hybridized carbons (Fsp3) is 0.290. The molecule has 0 saturated carbocycles. The maximum Gasteiger partial charge on any atom is 0.153 e. The van der Waals surface area contributed by atoms with E-state index in [1.165, 1.54) is 0 Å². The molecule has 184 valence electrons. The van der Waals surface area contributed by atoms with Gasteiger partial charge in [-0.05, 0) is 71.5 Å². The van der Waals surface area contributed by atoms with E-state index in [0.717, 1.165) is 51.2 Å². The number of aryl methyl sites for hydroxylation is 1. The Morgan fingerprint density at radius 2 is 1.57 bits per heavy atom. The number of hydrogen-bond donors (Lipinski definition) is 0. The maximum atomic E-state index is 11.7. The van der Waals surface area contributed by atoms with Gasteiger partial charge in [0.15, 0.2) is 6.29 Å². The monoisotopic (exact) mass is 472 g/mol. The van der Waals surface area contributed by atoms with Gasteiger partial charge in [0, 0.05) is 11.5 Å². The Kier molecular flexibility index (Phi) is 9.59. The van der Waals surface area contributed by atoms with Crippen molar-refractivity contribution in [2.75, 3.05) is 14.2 Å². The molecule has 0 saturated heterocycles. The van der Waals surface area contributed by atoms with Gasteiger partial charge in [-0.25, -0.2) is 0 Å². The first-order valence-electron chi connectivity index (χ1n) is 11.6. The summed E-state index contributed by atoms with van der Waals surface area (Å²) in [4.78, 5) is 23.4. The number of rotatable bonds is 6. The summed E-state index contributed by atoms with van der Waals surface area (Å²) < 4.78 is 10.8. The number of aldehydes is 2. The van der Waals surface area contributed by atoms with Crippen LogP contribution in [0.15, 0.2) is 71.5 Å². The van der Waals surface area contributed by atoms with Gasteiger partial charge in [0.05, 0.1) is 19.8 Å². The lowest BCUT2D eigenvalue weighted by atomic mass is 9.79. The Hall–Kier alpha value is -3.66. The minimum Gasteiger partial charge on any atom is -0.496 e. The fourth-order valence-corrected chi connectivity index (χ4v) is 4.68. The molecule has 1 aliphatic carbocycles. The molecule has 0 bridgehead atoms. The van der Waals surface area contributed by atoms with Crippen molar-refractivity contribution >= 4 is 23.3 Å². The van der Waals surface area contributed by atoms with Gasteiger partial charge < -0.3 is 9.47 Å². The molecule has 0 radical (unpaired) electrons. The first-order valence-corrected chi connectivity index (χ1v) is 11.6. The van der Waals surface area contributed by atoms with Crippen LogP contribution in [0.3, 0.4) is 0 Å². The SMILES string of the molecule is C.CC.COC1=C(C=O)CC(c2cccc3cccc(-c4cc(C=O)c(OC)cc4C)c23)C(C)=C1. The van der Waals surface area contributed by atoms with Crippen molar-refractivity contribution in [1.82, 2.24) is 0 Å². The number of carbonyl (C=O) groups excluding carboxylic acids is 2. The van der Waals surface area contributed by atoms with Gasteiger partial charge in [-0.15, -0.1) is 0 Å². The molecular formula is C31H36O4. The first-order chi connectivity index (χ1) is 16.5. The third-order valence-electron chi connectivity index (χ3n) is 6.32. The number of ether oxygens (including phenoxy) is 2. The summed E-state index contributed by atoms with van der Waals surface area (Å²) in [6.45, 7) is 8.10. The molecule has 0 N–H and O–H groups in total. The Balaban J connectivity index is 0.00000140. The Labute approximate surface area is 209 Å². The molecule has 1 unspecified atom stereocenters. The van der Waals surface area contributed by atoms with Crippen LogP contribution in [0.1, 0.15) is 62.0 Å². The molecule has 3 aromatic rings. The zero-order valence-corrected chi connectivity index (χ0v) is 20.8. The predicted octanol–water partition coefficient (Wildman–Crippen LogP) is 7.83. The quantitative estimate of drug-likeness (QED) is 0.343. The molecule has 1 atom stereocenters. The van der Waals surface area contributed by atoms with Crippen LogP contribution < -0.4 is 4.74 Å². The standard InChI is InChI=1S/C28H26O4.C2H6.CH4/c1-17-11-26(31-3)20(15-29)13-24(17)22-9-5-7-19-8-6-10-23(28(19)22)25-14-21(16-30)27(32-4)12-18(25)2;1-2;/h5-13,15-16,25H,14H2,1-4H3;1-2H3;1H4. The normalized spacial score (nSPS) is 14.8. The van der Waals surface area contributed by atoms with E-state index in [0.29, 0.717) is 29.1 Å². The highest BCUT2D eigenvalue weighted by Crippen LogP contribution is 2.43. The lowest BCUT2D eigenvalue weighted by Gasteiger charge is -2.26. The van der Waals surface area contributed by atoms with Crippen LogP contribution in [0.5, 0.6) is 5.75 Å². The third-order valence-corrected chi connectivity index (χ3v) is 6.32.